The van der Waals surface area contributed by atoms with Crippen LogP contribution in [0.3, 0.4) is 0 Å². The Kier molecular flexibility index (Phi) is 3.42. The van der Waals surface area contributed by atoms with Crippen molar-refractivity contribution in [1.29, 1.82) is 0 Å². The minimum atomic E-state index is -2.39. The molecule has 0 aliphatic carbocycles. The van der Waals surface area contributed by atoms with Crippen LogP contribution in [0.15, 0.2) is 6.20 Å². The first-order chi connectivity index (χ1) is 6.45. The van der Waals surface area contributed by atoms with E-state index in [1.54, 1.807) is 6.20 Å². The number of aromatic nitrogens is 2. The van der Waals surface area contributed by atoms with Gasteiger partial charge in [-0.2, -0.15) is 0 Å². The Labute approximate surface area is 86.9 Å². The summed E-state index contributed by atoms with van der Waals surface area (Å²) >= 11 is 4.96. The number of nitrogens with zero attached hydrogens (tertiary/aromatic N) is 1. The van der Waals surface area contributed by atoms with Crippen molar-refractivity contribution in [3.8, 4) is 0 Å². The lowest BCUT2D eigenvalue weighted by Gasteiger charge is -2.17. The van der Waals surface area contributed by atoms with Crippen LogP contribution in [0.1, 0.15) is 38.4 Å². The van der Waals surface area contributed by atoms with Crippen molar-refractivity contribution in [1.82, 2.24) is 9.55 Å². The third-order valence-electron chi connectivity index (χ3n) is 2.20. The van der Waals surface area contributed by atoms with E-state index in [1.165, 1.54) is 11.5 Å². The summed E-state index contributed by atoms with van der Waals surface area (Å²) in [6, 6.07) is -0.869. The van der Waals surface area contributed by atoms with E-state index in [0.29, 0.717) is 4.77 Å². The molecule has 5 heteroatoms. The maximum Gasteiger partial charge on any atom is 0.258 e. The zero-order valence-corrected chi connectivity index (χ0v) is 9.24. The summed E-state index contributed by atoms with van der Waals surface area (Å²) in [4.78, 5) is 2.80. The Hall–Kier alpha value is -0.710. The van der Waals surface area contributed by atoms with E-state index in [2.05, 4.69) is 4.98 Å². The molecule has 0 saturated carbocycles. The maximum absolute atomic E-state index is 12.5. The second-order valence-corrected chi connectivity index (χ2v) is 4.01. The smallest absolute Gasteiger partial charge is 0.258 e. The third-order valence-corrected chi connectivity index (χ3v) is 2.52. The van der Waals surface area contributed by atoms with Gasteiger partial charge in [-0.25, -0.2) is 8.78 Å². The Morgan fingerprint density at radius 3 is 2.36 bits per heavy atom. The summed E-state index contributed by atoms with van der Waals surface area (Å²) < 4.78 is 26.9. The predicted molar refractivity (Wildman–Crippen MR) is 54.4 cm³/mol. The van der Waals surface area contributed by atoms with Gasteiger partial charge in [0.15, 0.2) is 4.77 Å². The Morgan fingerprint density at radius 2 is 1.93 bits per heavy atom. The van der Waals surface area contributed by atoms with E-state index >= 15 is 0 Å². The summed E-state index contributed by atoms with van der Waals surface area (Å²) in [6.45, 7) is 5.37. The minimum absolute atomic E-state index is 0.184. The number of alkyl halides is 2. The summed E-state index contributed by atoms with van der Waals surface area (Å²) in [5.41, 5.74) is 0.822. The number of halogens is 2. The highest BCUT2D eigenvalue weighted by Gasteiger charge is 2.21. The van der Waals surface area contributed by atoms with Gasteiger partial charge in [0.1, 0.15) is 0 Å². The molecule has 0 saturated heterocycles. The normalized spacial score (nSPS) is 13.9. The molecular weight excluding hydrogens is 206 g/mol. The van der Waals surface area contributed by atoms with Gasteiger partial charge in [0, 0.05) is 11.9 Å². The van der Waals surface area contributed by atoms with Gasteiger partial charge in [-0.05, 0) is 25.1 Å². The average molecular weight is 220 g/mol. The minimum Gasteiger partial charge on any atom is -0.337 e. The second-order valence-electron chi connectivity index (χ2n) is 3.62. The molecule has 2 nitrogen and oxygen atoms in total. The molecule has 1 aromatic heterocycles. The van der Waals surface area contributed by atoms with E-state index in [4.69, 9.17) is 12.2 Å². The Morgan fingerprint density at radius 1 is 1.36 bits per heavy atom. The van der Waals surface area contributed by atoms with Crippen LogP contribution in [0, 0.1) is 4.77 Å². The standard InChI is InChI=1S/C9H14F2N2S/c1-5(2)7-4-12-9(14)13(7)6(3)8(10)11/h4-6,8H,1-3H3,(H,12,14). The Balaban J connectivity index is 3.17. The molecule has 1 unspecified atom stereocenters. The van der Waals surface area contributed by atoms with Crippen LogP contribution in [-0.4, -0.2) is 16.0 Å². The number of hydrogen-bond donors (Lipinski definition) is 1. The van der Waals surface area contributed by atoms with E-state index in [9.17, 15) is 8.78 Å². The van der Waals surface area contributed by atoms with Crippen LogP contribution in [0.25, 0.3) is 0 Å². The van der Waals surface area contributed by atoms with Crippen LogP contribution < -0.4 is 0 Å². The molecule has 0 bridgehead atoms. The quantitative estimate of drug-likeness (QED) is 0.773. The molecule has 0 spiro atoms. The number of rotatable bonds is 3. The van der Waals surface area contributed by atoms with Crippen LogP contribution in [0.2, 0.25) is 0 Å². The first-order valence-electron chi connectivity index (χ1n) is 4.53. The number of imidazole rings is 1. The maximum atomic E-state index is 12.5. The van der Waals surface area contributed by atoms with Gasteiger partial charge in [-0.1, -0.05) is 13.8 Å². The van der Waals surface area contributed by atoms with E-state index in [-0.39, 0.29) is 5.92 Å². The van der Waals surface area contributed by atoms with Gasteiger partial charge in [-0.3, -0.25) is 0 Å². The van der Waals surface area contributed by atoms with Crippen molar-refractivity contribution in [2.75, 3.05) is 0 Å². The van der Waals surface area contributed by atoms with Gasteiger partial charge in [0.25, 0.3) is 6.43 Å². The molecule has 1 heterocycles. The molecule has 0 aromatic carbocycles. The lowest BCUT2D eigenvalue weighted by Crippen LogP contribution is -2.16. The highest BCUT2D eigenvalue weighted by Crippen LogP contribution is 2.23. The largest absolute Gasteiger partial charge is 0.337 e. The summed E-state index contributed by atoms with van der Waals surface area (Å²) in [6.07, 6.45) is -0.693. The monoisotopic (exact) mass is 220 g/mol. The van der Waals surface area contributed by atoms with Crippen LogP contribution in [0.4, 0.5) is 8.78 Å². The summed E-state index contributed by atoms with van der Waals surface area (Å²) in [5.74, 6) is 0.184. The molecule has 14 heavy (non-hydrogen) atoms. The molecular formula is C9H14F2N2S. The van der Waals surface area contributed by atoms with E-state index < -0.39 is 12.5 Å². The molecule has 80 valence electrons. The number of aromatic amines is 1. The highest BCUT2D eigenvalue weighted by molar-refractivity contribution is 7.71. The van der Waals surface area contributed by atoms with Gasteiger partial charge in [-0.15, -0.1) is 0 Å². The second kappa shape index (κ2) is 4.21. The molecule has 1 rings (SSSR count). The zero-order chi connectivity index (χ0) is 10.9. The molecule has 0 fully saturated rings. The fourth-order valence-corrected chi connectivity index (χ4v) is 1.70. The molecule has 1 atom stereocenters. The van der Waals surface area contributed by atoms with Crippen LogP contribution >= 0.6 is 12.2 Å². The number of nitrogens with one attached hydrogen (secondary N) is 1. The topological polar surface area (TPSA) is 20.7 Å². The van der Waals surface area contributed by atoms with Crippen molar-refractivity contribution in [3.05, 3.63) is 16.7 Å². The van der Waals surface area contributed by atoms with Gasteiger partial charge in [0.2, 0.25) is 0 Å². The van der Waals surface area contributed by atoms with Crippen molar-refractivity contribution in [2.45, 2.75) is 39.2 Å². The van der Waals surface area contributed by atoms with Gasteiger partial charge >= 0.3 is 0 Å². The molecule has 0 aliphatic heterocycles. The van der Waals surface area contributed by atoms with Gasteiger partial charge in [0.05, 0.1) is 6.04 Å². The van der Waals surface area contributed by atoms with E-state index in [0.717, 1.165) is 5.69 Å². The lowest BCUT2D eigenvalue weighted by molar-refractivity contribution is 0.0891. The predicted octanol–water partition coefficient (Wildman–Crippen LogP) is 3.50. The third kappa shape index (κ3) is 2.03. The Bertz CT molecular complexity index is 354. The van der Waals surface area contributed by atoms with Crippen molar-refractivity contribution >= 4 is 12.2 Å². The molecule has 1 aromatic rings. The zero-order valence-electron chi connectivity index (χ0n) is 8.42. The molecule has 0 radical (unpaired) electrons. The summed E-state index contributed by atoms with van der Waals surface area (Å²) in [5, 5.41) is 0. The van der Waals surface area contributed by atoms with Crippen molar-refractivity contribution in [3.63, 3.8) is 0 Å². The van der Waals surface area contributed by atoms with Crippen molar-refractivity contribution in [2.24, 2.45) is 0 Å². The van der Waals surface area contributed by atoms with Crippen LogP contribution in [-0.2, 0) is 0 Å². The lowest BCUT2D eigenvalue weighted by atomic mass is 10.1. The van der Waals surface area contributed by atoms with Crippen LogP contribution in [0.5, 0.6) is 0 Å². The van der Waals surface area contributed by atoms with E-state index in [1.807, 2.05) is 13.8 Å². The first-order valence-corrected chi connectivity index (χ1v) is 4.94. The fraction of sp³-hybridized carbons (Fsp3) is 0.667. The van der Waals surface area contributed by atoms with Crippen molar-refractivity contribution < 1.29 is 8.78 Å². The number of H-pyrrole nitrogens is 1. The highest BCUT2D eigenvalue weighted by atomic mass is 32.1. The molecule has 0 aliphatic rings. The first kappa shape index (κ1) is 11.4. The number of hydrogen-bond acceptors (Lipinski definition) is 1. The average Bonchev–Trinajstić information content (AvgIpc) is 2.45. The van der Waals surface area contributed by atoms with Gasteiger partial charge < -0.3 is 9.55 Å². The summed E-state index contributed by atoms with van der Waals surface area (Å²) in [7, 11) is 0. The molecule has 1 N–H and O–H groups in total. The molecule has 0 amide bonds. The SMILES string of the molecule is CC(C)c1c[nH]c(=S)n1C(C)C(F)F. The fourth-order valence-electron chi connectivity index (χ4n) is 1.37.